The minimum absolute atomic E-state index is 0.0989. The van der Waals surface area contributed by atoms with Gasteiger partial charge in [-0.05, 0) is 30.5 Å². The summed E-state index contributed by atoms with van der Waals surface area (Å²) in [5.74, 6) is -0.173. The van der Waals surface area contributed by atoms with Crippen molar-refractivity contribution in [2.24, 2.45) is 0 Å². The van der Waals surface area contributed by atoms with Crippen LogP contribution >= 0.6 is 0 Å². The Hall–Kier alpha value is -3.82. The Labute approximate surface area is 189 Å². The second-order valence-electron chi connectivity index (χ2n) is 7.49. The van der Waals surface area contributed by atoms with E-state index in [0.29, 0.717) is 11.1 Å². The van der Waals surface area contributed by atoms with E-state index in [1.165, 1.54) is 0 Å². The fourth-order valence-corrected chi connectivity index (χ4v) is 3.29. The molecule has 0 fully saturated rings. The summed E-state index contributed by atoms with van der Waals surface area (Å²) in [6.07, 6.45) is -1.08. The molecule has 1 unspecified atom stereocenters. The van der Waals surface area contributed by atoms with Crippen LogP contribution in [0.1, 0.15) is 49.1 Å². The summed E-state index contributed by atoms with van der Waals surface area (Å²) in [7, 11) is 0. The summed E-state index contributed by atoms with van der Waals surface area (Å²) in [4.78, 5) is 24.1. The van der Waals surface area contributed by atoms with Crippen molar-refractivity contribution in [1.82, 2.24) is 0 Å². The molecule has 160 valence electrons. The first-order chi connectivity index (χ1) is 15.5. The first kappa shape index (κ1) is 22.9. The molecule has 4 aromatic rings. The van der Waals surface area contributed by atoms with Crippen molar-refractivity contribution in [1.29, 1.82) is 0 Å². The number of aliphatic hydroxyl groups excluding tert-OH is 1. The molecule has 3 heteroatoms. The highest BCUT2D eigenvalue weighted by Gasteiger charge is 2.18. The van der Waals surface area contributed by atoms with Crippen molar-refractivity contribution >= 4 is 11.6 Å². The SMILES string of the molecule is Cc1cccc(C(=O)c2ccccc2)c1C.O=C(c1ccccc1)C(O)c1ccccc1. The molecule has 0 radical (unpaired) electrons. The van der Waals surface area contributed by atoms with Crippen molar-refractivity contribution in [2.75, 3.05) is 0 Å². The zero-order valence-corrected chi connectivity index (χ0v) is 18.2. The van der Waals surface area contributed by atoms with Crippen LogP contribution in [0.5, 0.6) is 0 Å². The van der Waals surface area contributed by atoms with Gasteiger partial charge in [-0.2, -0.15) is 0 Å². The Morgan fingerprint density at radius 3 is 1.69 bits per heavy atom. The fourth-order valence-electron chi connectivity index (χ4n) is 3.29. The summed E-state index contributed by atoms with van der Waals surface area (Å²) in [5.41, 5.74) is 4.91. The van der Waals surface area contributed by atoms with Crippen molar-refractivity contribution in [3.63, 3.8) is 0 Å². The van der Waals surface area contributed by atoms with Crippen LogP contribution in [0, 0.1) is 13.8 Å². The van der Waals surface area contributed by atoms with Gasteiger partial charge < -0.3 is 5.11 Å². The highest BCUT2D eigenvalue weighted by molar-refractivity contribution is 6.10. The van der Waals surface area contributed by atoms with Crippen molar-refractivity contribution in [3.8, 4) is 0 Å². The molecule has 0 aliphatic carbocycles. The van der Waals surface area contributed by atoms with Gasteiger partial charge in [0.15, 0.2) is 11.6 Å². The number of aliphatic hydroxyl groups is 1. The van der Waals surface area contributed by atoms with Gasteiger partial charge in [0.2, 0.25) is 0 Å². The molecule has 0 bridgehead atoms. The Morgan fingerprint density at radius 2 is 1.12 bits per heavy atom. The number of hydrogen-bond acceptors (Lipinski definition) is 3. The van der Waals surface area contributed by atoms with Crippen LogP contribution in [0.25, 0.3) is 0 Å². The second kappa shape index (κ2) is 11.0. The van der Waals surface area contributed by atoms with Gasteiger partial charge in [-0.1, -0.05) is 109 Å². The topological polar surface area (TPSA) is 54.4 Å². The van der Waals surface area contributed by atoms with Crippen molar-refractivity contribution < 1.29 is 14.7 Å². The number of benzene rings is 4. The molecule has 1 atom stereocenters. The molecule has 4 aromatic carbocycles. The fraction of sp³-hybridized carbons (Fsp3) is 0.103. The molecule has 0 heterocycles. The molecule has 0 saturated heterocycles. The van der Waals surface area contributed by atoms with Gasteiger partial charge in [0, 0.05) is 16.7 Å². The average Bonchev–Trinajstić information content (AvgIpc) is 2.86. The van der Waals surface area contributed by atoms with Gasteiger partial charge in [0.25, 0.3) is 0 Å². The average molecular weight is 423 g/mol. The van der Waals surface area contributed by atoms with Gasteiger partial charge in [-0.3, -0.25) is 9.59 Å². The summed E-state index contributed by atoms with van der Waals surface area (Å²) in [5, 5.41) is 9.89. The third-order valence-corrected chi connectivity index (χ3v) is 5.31. The number of aryl methyl sites for hydroxylation is 1. The largest absolute Gasteiger partial charge is 0.380 e. The Bertz CT molecular complexity index is 1170. The van der Waals surface area contributed by atoms with Crippen molar-refractivity contribution in [3.05, 3.63) is 143 Å². The standard InChI is InChI=1S/C15H14O.C14H12O2/c1-11-7-6-10-14(12(11)2)15(16)13-8-4-3-5-9-13;15-13(11-7-3-1-4-8-11)14(16)12-9-5-2-6-10-12/h3-10H,1-2H3;1-10,13,15H. The monoisotopic (exact) mass is 422 g/mol. The van der Waals surface area contributed by atoms with Gasteiger partial charge in [-0.15, -0.1) is 0 Å². The summed E-state index contributed by atoms with van der Waals surface area (Å²) in [6, 6.07) is 33.0. The Kier molecular flexibility index (Phi) is 7.85. The van der Waals surface area contributed by atoms with E-state index >= 15 is 0 Å². The zero-order chi connectivity index (χ0) is 22.9. The molecule has 0 saturated carbocycles. The van der Waals surface area contributed by atoms with E-state index in [0.717, 1.165) is 22.3 Å². The van der Waals surface area contributed by atoms with Crippen molar-refractivity contribution in [2.45, 2.75) is 20.0 Å². The van der Waals surface area contributed by atoms with Crippen LogP contribution in [0.15, 0.2) is 109 Å². The molecule has 4 rings (SSSR count). The lowest BCUT2D eigenvalue weighted by molar-refractivity contribution is 0.0747. The molecule has 0 aliphatic heterocycles. The number of hydrogen-bond donors (Lipinski definition) is 1. The maximum absolute atomic E-state index is 12.2. The van der Waals surface area contributed by atoms with E-state index in [9.17, 15) is 14.7 Å². The molecular weight excluding hydrogens is 396 g/mol. The number of carbonyl (C=O) groups excluding carboxylic acids is 2. The molecule has 0 aliphatic rings. The third-order valence-electron chi connectivity index (χ3n) is 5.31. The molecule has 0 amide bonds. The van der Waals surface area contributed by atoms with Crippen LogP contribution in [0.3, 0.4) is 0 Å². The summed E-state index contributed by atoms with van der Waals surface area (Å²) < 4.78 is 0. The molecule has 0 spiro atoms. The normalized spacial score (nSPS) is 11.1. The van der Waals surface area contributed by atoms with E-state index in [1.807, 2.05) is 74.5 Å². The van der Waals surface area contributed by atoms with Crippen LogP contribution in [-0.2, 0) is 0 Å². The molecule has 32 heavy (non-hydrogen) atoms. The lowest BCUT2D eigenvalue weighted by Crippen LogP contribution is -2.11. The van der Waals surface area contributed by atoms with Gasteiger partial charge in [-0.25, -0.2) is 0 Å². The van der Waals surface area contributed by atoms with E-state index in [2.05, 4.69) is 0 Å². The first-order valence-electron chi connectivity index (χ1n) is 10.5. The van der Waals surface area contributed by atoms with E-state index < -0.39 is 6.10 Å². The van der Waals surface area contributed by atoms with E-state index in [4.69, 9.17) is 0 Å². The highest BCUT2D eigenvalue weighted by atomic mass is 16.3. The predicted octanol–water partition coefficient (Wildman–Crippen LogP) is 6.14. The smallest absolute Gasteiger partial charge is 0.195 e. The number of rotatable bonds is 5. The maximum atomic E-state index is 12.2. The van der Waals surface area contributed by atoms with Gasteiger partial charge in [0.1, 0.15) is 6.10 Å². The van der Waals surface area contributed by atoms with Crippen LogP contribution in [0.4, 0.5) is 0 Å². The zero-order valence-electron chi connectivity index (χ0n) is 18.2. The van der Waals surface area contributed by atoms with Crippen LogP contribution in [0.2, 0.25) is 0 Å². The minimum atomic E-state index is -1.08. The number of Topliss-reactive ketones (excluding diaryl/α,β-unsaturated/α-hetero) is 1. The Balaban J connectivity index is 0.000000181. The van der Waals surface area contributed by atoms with Gasteiger partial charge >= 0.3 is 0 Å². The quantitative estimate of drug-likeness (QED) is 0.393. The number of ketones is 2. The lowest BCUT2D eigenvalue weighted by atomic mass is 9.96. The Morgan fingerprint density at radius 1 is 0.625 bits per heavy atom. The van der Waals surface area contributed by atoms with E-state index in [-0.39, 0.29) is 11.6 Å². The van der Waals surface area contributed by atoms with Crippen LogP contribution < -0.4 is 0 Å². The molecule has 0 aromatic heterocycles. The maximum Gasteiger partial charge on any atom is 0.195 e. The third kappa shape index (κ3) is 5.65. The van der Waals surface area contributed by atoms with Crippen LogP contribution in [-0.4, -0.2) is 16.7 Å². The first-order valence-corrected chi connectivity index (χ1v) is 10.5. The second-order valence-corrected chi connectivity index (χ2v) is 7.49. The predicted molar refractivity (Wildman–Crippen MR) is 128 cm³/mol. The molecule has 3 nitrogen and oxygen atoms in total. The lowest BCUT2D eigenvalue weighted by Gasteiger charge is -2.09. The minimum Gasteiger partial charge on any atom is -0.380 e. The van der Waals surface area contributed by atoms with Gasteiger partial charge in [0.05, 0.1) is 0 Å². The summed E-state index contributed by atoms with van der Waals surface area (Å²) >= 11 is 0. The summed E-state index contributed by atoms with van der Waals surface area (Å²) in [6.45, 7) is 4.02. The molecule has 1 N–H and O–H groups in total. The van der Waals surface area contributed by atoms with E-state index in [1.54, 1.807) is 48.5 Å². The molecular formula is C29H26O3. The highest BCUT2D eigenvalue weighted by Crippen LogP contribution is 2.18. The number of carbonyl (C=O) groups is 2.